The highest BCUT2D eigenvalue weighted by Gasteiger charge is 2.35. The molecule has 3 heterocycles. The van der Waals surface area contributed by atoms with Crippen molar-refractivity contribution in [3.8, 4) is 0 Å². The number of hydrogen-bond donors (Lipinski definition) is 3. The largest absolute Gasteiger partial charge is 0.483 e. The molecule has 0 radical (unpaired) electrons. The topological polar surface area (TPSA) is 113 Å². The molecule has 1 aromatic rings. The molecule has 3 N–H and O–H groups in total. The second-order valence-corrected chi connectivity index (χ2v) is 8.88. The number of fused-ring (bicyclic) bond motifs is 1. The van der Waals surface area contributed by atoms with Gasteiger partial charge in [-0.3, -0.25) is 19.9 Å². The third-order valence-corrected chi connectivity index (χ3v) is 6.32. The third kappa shape index (κ3) is 5.47. The van der Waals surface area contributed by atoms with Gasteiger partial charge in [-0.25, -0.2) is 4.98 Å². The van der Waals surface area contributed by atoms with Gasteiger partial charge < -0.3 is 24.8 Å². The van der Waals surface area contributed by atoms with Gasteiger partial charge in [0, 0.05) is 64.3 Å². The summed E-state index contributed by atoms with van der Waals surface area (Å²) in [6, 6.07) is 0.115. The van der Waals surface area contributed by atoms with Crippen LogP contribution in [-0.2, 0) is 29.5 Å². The fourth-order valence-electron chi connectivity index (χ4n) is 4.52. The first-order valence-electron chi connectivity index (χ1n) is 11.4. The molecule has 178 valence electrons. The van der Waals surface area contributed by atoms with Crippen LogP contribution in [0.1, 0.15) is 55.1 Å². The number of carbonyl (C=O) groups is 2. The van der Waals surface area contributed by atoms with Gasteiger partial charge in [-0.2, -0.15) is 0 Å². The number of carbonyl (C=O) groups excluding carboxylic acids is 2. The van der Waals surface area contributed by atoms with Crippen molar-refractivity contribution in [2.45, 2.75) is 57.7 Å². The SMILES string of the molecule is CCN=C(OC)C(C)(CCNC(=O)c1nc2c(n1C)CCN(C)C2)N[C@H]1CCC(=O)NC1. The molecule has 1 fully saturated rings. The monoisotopic (exact) mass is 447 g/mol. The number of methoxy groups -OCH3 is 1. The highest BCUT2D eigenvalue weighted by Crippen LogP contribution is 2.19. The summed E-state index contributed by atoms with van der Waals surface area (Å²) in [6.45, 7) is 7.33. The molecule has 1 unspecified atom stereocenters. The minimum Gasteiger partial charge on any atom is -0.483 e. The molecule has 10 nitrogen and oxygen atoms in total. The first-order chi connectivity index (χ1) is 15.3. The van der Waals surface area contributed by atoms with Gasteiger partial charge in [0.2, 0.25) is 11.8 Å². The number of aliphatic imine (C=N–C) groups is 1. The lowest BCUT2D eigenvalue weighted by molar-refractivity contribution is -0.122. The van der Waals surface area contributed by atoms with Crippen molar-refractivity contribution in [1.29, 1.82) is 0 Å². The summed E-state index contributed by atoms with van der Waals surface area (Å²) in [5, 5.41) is 9.54. The van der Waals surface area contributed by atoms with Crippen LogP contribution >= 0.6 is 0 Å². The van der Waals surface area contributed by atoms with E-state index in [4.69, 9.17) is 4.74 Å². The highest BCUT2D eigenvalue weighted by molar-refractivity contribution is 5.91. The number of nitrogens with zero attached hydrogens (tertiary/aromatic N) is 4. The fourth-order valence-corrected chi connectivity index (χ4v) is 4.52. The van der Waals surface area contributed by atoms with Crippen molar-refractivity contribution in [3.05, 3.63) is 17.2 Å². The van der Waals surface area contributed by atoms with E-state index < -0.39 is 5.54 Å². The van der Waals surface area contributed by atoms with Crippen LogP contribution < -0.4 is 16.0 Å². The van der Waals surface area contributed by atoms with Crippen LogP contribution in [0.15, 0.2) is 4.99 Å². The van der Waals surface area contributed by atoms with E-state index in [0.29, 0.717) is 44.2 Å². The lowest BCUT2D eigenvalue weighted by Gasteiger charge is -2.36. The molecule has 1 aromatic heterocycles. The molecule has 10 heteroatoms. The van der Waals surface area contributed by atoms with Crippen molar-refractivity contribution in [2.75, 3.05) is 40.3 Å². The molecule has 0 aromatic carbocycles. The van der Waals surface area contributed by atoms with E-state index in [1.807, 2.05) is 25.5 Å². The highest BCUT2D eigenvalue weighted by atomic mass is 16.5. The van der Waals surface area contributed by atoms with E-state index in [1.54, 1.807) is 7.11 Å². The number of amides is 2. The average molecular weight is 448 g/mol. The van der Waals surface area contributed by atoms with Gasteiger partial charge in [0.25, 0.3) is 5.91 Å². The summed E-state index contributed by atoms with van der Waals surface area (Å²) < 4.78 is 7.53. The first-order valence-corrected chi connectivity index (χ1v) is 11.4. The number of rotatable bonds is 8. The van der Waals surface area contributed by atoms with E-state index in [0.717, 1.165) is 37.3 Å². The summed E-state index contributed by atoms with van der Waals surface area (Å²) in [5.74, 6) is 0.948. The number of hydrogen-bond acceptors (Lipinski definition) is 7. The Hall–Kier alpha value is -2.46. The minimum absolute atomic E-state index is 0.0789. The number of piperidine rings is 1. The van der Waals surface area contributed by atoms with Crippen molar-refractivity contribution in [1.82, 2.24) is 30.4 Å². The van der Waals surface area contributed by atoms with E-state index in [-0.39, 0.29) is 17.9 Å². The van der Waals surface area contributed by atoms with Gasteiger partial charge in [0.1, 0.15) is 0 Å². The van der Waals surface area contributed by atoms with E-state index in [2.05, 4.69) is 37.9 Å². The van der Waals surface area contributed by atoms with Crippen LogP contribution in [-0.4, -0.2) is 84.1 Å². The van der Waals surface area contributed by atoms with Crippen molar-refractivity contribution < 1.29 is 14.3 Å². The summed E-state index contributed by atoms with van der Waals surface area (Å²) in [4.78, 5) is 35.8. The maximum absolute atomic E-state index is 12.9. The van der Waals surface area contributed by atoms with Crippen LogP contribution in [0, 0.1) is 0 Å². The molecule has 2 aliphatic heterocycles. The molecule has 0 bridgehead atoms. The lowest BCUT2D eigenvalue weighted by atomic mass is 9.93. The summed E-state index contributed by atoms with van der Waals surface area (Å²) in [7, 11) is 5.59. The summed E-state index contributed by atoms with van der Waals surface area (Å²) in [6.07, 6.45) is 2.73. The standard InChI is InChI=1S/C22H37N7O3/c1-6-23-21(32-5)22(2,27-15-7-8-18(30)25-13-15)10-11-24-20(31)19-26-16-14-28(3)12-9-17(16)29(19)4/h15,27H,6-14H2,1-5H3,(H,24,31)(H,25,30)/t15-,22?/m0/s1. The molecule has 1 saturated heterocycles. The zero-order valence-corrected chi connectivity index (χ0v) is 20.0. The zero-order chi connectivity index (χ0) is 23.3. The molecular formula is C22H37N7O3. The number of nitrogens with one attached hydrogen (secondary N) is 3. The van der Waals surface area contributed by atoms with E-state index in [1.165, 1.54) is 0 Å². The molecule has 2 atom stereocenters. The zero-order valence-electron chi connectivity index (χ0n) is 20.0. The summed E-state index contributed by atoms with van der Waals surface area (Å²) >= 11 is 0. The smallest absolute Gasteiger partial charge is 0.287 e. The molecular weight excluding hydrogens is 410 g/mol. The van der Waals surface area contributed by atoms with Gasteiger partial charge >= 0.3 is 0 Å². The Kier molecular flexibility index (Phi) is 7.89. The maximum atomic E-state index is 12.9. The van der Waals surface area contributed by atoms with E-state index in [9.17, 15) is 9.59 Å². The Morgan fingerprint density at radius 1 is 1.38 bits per heavy atom. The Labute approximate surface area is 190 Å². The van der Waals surface area contributed by atoms with E-state index >= 15 is 0 Å². The third-order valence-electron chi connectivity index (χ3n) is 6.32. The second-order valence-electron chi connectivity index (χ2n) is 8.88. The van der Waals surface area contributed by atoms with Crippen LogP contribution in [0.4, 0.5) is 0 Å². The molecule has 2 aliphatic rings. The van der Waals surface area contributed by atoms with Crippen LogP contribution in [0.3, 0.4) is 0 Å². The predicted octanol–water partition coefficient (Wildman–Crippen LogP) is 0.220. The van der Waals surface area contributed by atoms with Gasteiger partial charge in [-0.15, -0.1) is 0 Å². The number of aromatic nitrogens is 2. The Bertz CT molecular complexity index is 856. The van der Waals surface area contributed by atoms with Crippen molar-refractivity contribution >= 4 is 17.7 Å². The molecule has 0 aliphatic carbocycles. The molecule has 0 spiro atoms. The number of imidazole rings is 1. The Morgan fingerprint density at radius 2 is 2.16 bits per heavy atom. The van der Waals surface area contributed by atoms with Crippen molar-refractivity contribution in [3.63, 3.8) is 0 Å². The Morgan fingerprint density at radius 3 is 2.81 bits per heavy atom. The molecule has 3 rings (SSSR count). The van der Waals surface area contributed by atoms with Crippen LogP contribution in [0.5, 0.6) is 0 Å². The Balaban J connectivity index is 1.66. The first kappa shape index (κ1) is 24.2. The second kappa shape index (κ2) is 10.4. The number of likely N-dealkylation sites (N-methyl/N-ethyl adjacent to an activating group) is 1. The van der Waals surface area contributed by atoms with Crippen LogP contribution in [0.2, 0.25) is 0 Å². The minimum atomic E-state index is -0.575. The van der Waals surface area contributed by atoms with Gasteiger partial charge in [0.05, 0.1) is 18.3 Å². The van der Waals surface area contributed by atoms with Gasteiger partial charge in [-0.1, -0.05) is 0 Å². The maximum Gasteiger partial charge on any atom is 0.287 e. The summed E-state index contributed by atoms with van der Waals surface area (Å²) in [5.41, 5.74) is 1.54. The average Bonchev–Trinajstić information content (AvgIpc) is 3.09. The van der Waals surface area contributed by atoms with Gasteiger partial charge in [-0.05, 0) is 33.7 Å². The quantitative estimate of drug-likeness (QED) is 0.388. The predicted molar refractivity (Wildman–Crippen MR) is 123 cm³/mol. The molecule has 0 saturated carbocycles. The molecule has 2 amide bonds. The number of ether oxygens (including phenoxy) is 1. The normalized spacial score (nSPS) is 21.5. The lowest BCUT2D eigenvalue weighted by Crippen LogP contribution is -2.59. The fraction of sp³-hybridized carbons (Fsp3) is 0.727. The molecule has 32 heavy (non-hydrogen) atoms. The van der Waals surface area contributed by atoms with Crippen LogP contribution in [0.25, 0.3) is 0 Å². The van der Waals surface area contributed by atoms with Crippen molar-refractivity contribution in [2.24, 2.45) is 12.0 Å². The van der Waals surface area contributed by atoms with Gasteiger partial charge in [0.15, 0.2) is 5.82 Å².